The van der Waals surface area contributed by atoms with E-state index in [1.165, 1.54) is 7.11 Å². The molecular weight excluding hydrogens is 168 g/mol. The summed E-state index contributed by atoms with van der Waals surface area (Å²) in [6.07, 6.45) is 0.0382. The monoisotopic (exact) mass is 180 g/mol. The van der Waals surface area contributed by atoms with Crippen LogP contribution in [0.4, 0.5) is 0 Å². The van der Waals surface area contributed by atoms with E-state index < -0.39 is 6.10 Å². The van der Waals surface area contributed by atoms with Crippen molar-refractivity contribution < 1.29 is 14.6 Å². The third-order valence-corrected chi connectivity index (χ3v) is 1.89. The summed E-state index contributed by atoms with van der Waals surface area (Å²) in [5, 5.41) is 9.34. The van der Waals surface area contributed by atoms with E-state index in [-0.39, 0.29) is 0 Å². The zero-order chi connectivity index (χ0) is 9.84. The molecule has 1 aromatic rings. The summed E-state index contributed by atoms with van der Waals surface area (Å²) >= 11 is 0. The van der Waals surface area contributed by atoms with Crippen LogP contribution in [0.25, 0.3) is 0 Å². The van der Waals surface area contributed by atoms with Gasteiger partial charge in [-0.3, -0.25) is 4.79 Å². The molecule has 70 valence electrons. The van der Waals surface area contributed by atoms with Crippen molar-refractivity contribution in [1.82, 2.24) is 0 Å². The molecule has 1 unspecified atom stereocenters. The molecule has 0 saturated carbocycles. The second kappa shape index (κ2) is 4.05. The normalized spacial score (nSPS) is 12.2. The van der Waals surface area contributed by atoms with Gasteiger partial charge in [0.2, 0.25) is 0 Å². The van der Waals surface area contributed by atoms with E-state index in [2.05, 4.69) is 0 Å². The van der Waals surface area contributed by atoms with Gasteiger partial charge >= 0.3 is 0 Å². The van der Waals surface area contributed by atoms with Crippen molar-refractivity contribution in [2.24, 2.45) is 0 Å². The third-order valence-electron chi connectivity index (χ3n) is 1.89. The van der Waals surface area contributed by atoms with Gasteiger partial charge in [-0.2, -0.15) is 0 Å². The highest BCUT2D eigenvalue weighted by Crippen LogP contribution is 2.24. The van der Waals surface area contributed by atoms with Crippen molar-refractivity contribution >= 4 is 6.29 Å². The fourth-order valence-corrected chi connectivity index (χ4v) is 1.23. The lowest BCUT2D eigenvalue weighted by Gasteiger charge is -2.10. The number of benzene rings is 1. The van der Waals surface area contributed by atoms with Crippen LogP contribution in [0.5, 0.6) is 5.75 Å². The molecule has 0 bridgehead atoms. The molecule has 1 N–H and O–H groups in total. The number of carbonyl (C=O) groups excluding carboxylic acids is 1. The molecule has 3 heteroatoms. The van der Waals surface area contributed by atoms with Crippen LogP contribution in [-0.4, -0.2) is 18.5 Å². The molecule has 0 aromatic heterocycles. The molecule has 3 nitrogen and oxygen atoms in total. The number of aliphatic hydroxyl groups excluding tert-OH is 1. The van der Waals surface area contributed by atoms with E-state index >= 15 is 0 Å². The fraction of sp³-hybridized carbons (Fsp3) is 0.300. The highest BCUT2D eigenvalue weighted by Gasteiger charge is 2.11. The van der Waals surface area contributed by atoms with Crippen molar-refractivity contribution in [2.75, 3.05) is 7.11 Å². The fourth-order valence-electron chi connectivity index (χ4n) is 1.23. The molecule has 0 saturated heterocycles. The van der Waals surface area contributed by atoms with Gasteiger partial charge in [0.25, 0.3) is 0 Å². The van der Waals surface area contributed by atoms with Gasteiger partial charge < -0.3 is 9.84 Å². The van der Waals surface area contributed by atoms with Crippen LogP contribution < -0.4 is 4.74 Å². The van der Waals surface area contributed by atoms with Gasteiger partial charge in [-0.15, -0.1) is 0 Å². The standard InChI is InChI=1S/C10H12O3/c1-7(12)8-4-3-5-10(13-2)9(8)6-11/h3-7,12H,1-2H3. The predicted octanol–water partition coefficient (Wildman–Crippen LogP) is 1.56. The van der Waals surface area contributed by atoms with Crippen LogP contribution >= 0.6 is 0 Å². The lowest BCUT2D eigenvalue weighted by molar-refractivity contribution is 0.111. The first-order chi connectivity index (χ1) is 6.20. The van der Waals surface area contributed by atoms with E-state index in [4.69, 9.17) is 4.74 Å². The Hall–Kier alpha value is -1.35. The van der Waals surface area contributed by atoms with Crippen LogP contribution in [-0.2, 0) is 0 Å². The molecule has 0 radical (unpaired) electrons. The zero-order valence-corrected chi connectivity index (χ0v) is 7.65. The third kappa shape index (κ3) is 1.87. The molecule has 0 heterocycles. The molecule has 0 aliphatic heterocycles. The van der Waals surface area contributed by atoms with Gasteiger partial charge in [0.05, 0.1) is 18.8 Å². The van der Waals surface area contributed by atoms with Crippen molar-refractivity contribution in [1.29, 1.82) is 0 Å². The maximum atomic E-state index is 10.7. The minimum Gasteiger partial charge on any atom is -0.496 e. The van der Waals surface area contributed by atoms with Crippen LogP contribution in [0.2, 0.25) is 0 Å². The molecule has 0 aliphatic carbocycles. The molecule has 0 amide bonds. The molecule has 0 aliphatic rings. The number of hydrogen-bond donors (Lipinski definition) is 1. The summed E-state index contributed by atoms with van der Waals surface area (Å²) in [4.78, 5) is 10.7. The minimum absolute atomic E-state index is 0.417. The SMILES string of the molecule is COc1cccc(C(C)O)c1C=O. The molecule has 1 atom stereocenters. The molecule has 0 fully saturated rings. The largest absolute Gasteiger partial charge is 0.496 e. The molecular formula is C10H12O3. The number of carbonyl (C=O) groups is 1. The Balaban J connectivity index is 3.27. The second-order valence-electron chi connectivity index (χ2n) is 2.76. The lowest BCUT2D eigenvalue weighted by Crippen LogP contribution is -2.00. The highest BCUT2D eigenvalue weighted by atomic mass is 16.5. The second-order valence-corrected chi connectivity index (χ2v) is 2.76. The molecule has 0 spiro atoms. The van der Waals surface area contributed by atoms with Crippen LogP contribution in [0.1, 0.15) is 28.9 Å². The summed E-state index contributed by atoms with van der Waals surface area (Å²) in [6, 6.07) is 5.14. The Labute approximate surface area is 77.0 Å². The summed E-state index contributed by atoms with van der Waals surface area (Å²) in [7, 11) is 1.49. The van der Waals surface area contributed by atoms with Crippen molar-refractivity contribution in [2.45, 2.75) is 13.0 Å². The summed E-state index contributed by atoms with van der Waals surface area (Å²) in [5.41, 5.74) is 1.01. The summed E-state index contributed by atoms with van der Waals surface area (Å²) < 4.78 is 4.98. The Bertz CT molecular complexity index is 305. The topological polar surface area (TPSA) is 46.5 Å². The molecule has 1 aromatic carbocycles. The predicted molar refractivity (Wildman–Crippen MR) is 49.0 cm³/mol. The van der Waals surface area contributed by atoms with E-state index in [0.29, 0.717) is 23.2 Å². The van der Waals surface area contributed by atoms with Crippen molar-refractivity contribution in [3.63, 3.8) is 0 Å². The zero-order valence-electron chi connectivity index (χ0n) is 7.65. The number of rotatable bonds is 3. The van der Waals surface area contributed by atoms with Crippen molar-refractivity contribution in [3.05, 3.63) is 29.3 Å². The average Bonchev–Trinajstić information content (AvgIpc) is 2.16. The Kier molecular flexibility index (Phi) is 3.03. The number of methoxy groups -OCH3 is 1. The van der Waals surface area contributed by atoms with Gasteiger partial charge in [0.15, 0.2) is 6.29 Å². The maximum absolute atomic E-state index is 10.7. The van der Waals surface area contributed by atoms with Gasteiger partial charge in [-0.1, -0.05) is 12.1 Å². The maximum Gasteiger partial charge on any atom is 0.154 e. The number of aliphatic hydroxyl groups is 1. The molecule has 13 heavy (non-hydrogen) atoms. The first-order valence-electron chi connectivity index (χ1n) is 4.00. The Morgan fingerprint density at radius 1 is 1.54 bits per heavy atom. The van der Waals surface area contributed by atoms with Gasteiger partial charge in [0, 0.05) is 0 Å². The number of hydrogen-bond acceptors (Lipinski definition) is 3. The first-order valence-corrected chi connectivity index (χ1v) is 4.00. The van der Waals surface area contributed by atoms with Gasteiger partial charge in [-0.05, 0) is 18.6 Å². The summed E-state index contributed by atoms with van der Waals surface area (Å²) in [5.74, 6) is 0.494. The van der Waals surface area contributed by atoms with E-state index in [1.54, 1.807) is 25.1 Å². The van der Waals surface area contributed by atoms with E-state index in [0.717, 1.165) is 0 Å². The van der Waals surface area contributed by atoms with Crippen LogP contribution in [0.15, 0.2) is 18.2 Å². The first kappa shape index (κ1) is 9.74. The highest BCUT2D eigenvalue weighted by molar-refractivity contribution is 5.81. The van der Waals surface area contributed by atoms with Gasteiger partial charge in [-0.25, -0.2) is 0 Å². The van der Waals surface area contributed by atoms with Crippen molar-refractivity contribution in [3.8, 4) is 5.75 Å². The van der Waals surface area contributed by atoms with Crippen LogP contribution in [0, 0.1) is 0 Å². The average molecular weight is 180 g/mol. The van der Waals surface area contributed by atoms with Gasteiger partial charge in [0.1, 0.15) is 5.75 Å². The number of ether oxygens (including phenoxy) is 1. The summed E-state index contributed by atoms with van der Waals surface area (Å²) in [6.45, 7) is 1.61. The Morgan fingerprint density at radius 3 is 2.69 bits per heavy atom. The number of aldehydes is 1. The lowest BCUT2D eigenvalue weighted by atomic mass is 10.0. The minimum atomic E-state index is -0.657. The quantitative estimate of drug-likeness (QED) is 0.718. The van der Waals surface area contributed by atoms with Crippen LogP contribution in [0.3, 0.4) is 0 Å². The van der Waals surface area contributed by atoms with E-state index in [9.17, 15) is 9.90 Å². The Morgan fingerprint density at radius 2 is 2.23 bits per heavy atom. The van der Waals surface area contributed by atoms with E-state index in [1.807, 2.05) is 0 Å². The smallest absolute Gasteiger partial charge is 0.154 e. The molecule has 1 rings (SSSR count).